The minimum Gasteiger partial charge on any atom is -0.360 e. The second kappa shape index (κ2) is 7.63. The zero-order chi connectivity index (χ0) is 20.5. The maximum Gasteiger partial charge on any atom is 0.255 e. The van der Waals surface area contributed by atoms with E-state index in [1.165, 1.54) is 4.90 Å². The summed E-state index contributed by atoms with van der Waals surface area (Å²) in [6.07, 6.45) is 0.798. The van der Waals surface area contributed by atoms with Crippen molar-refractivity contribution in [3.8, 4) is 0 Å². The Morgan fingerprint density at radius 2 is 2.10 bits per heavy atom. The quantitative estimate of drug-likeness (QED) is 0.731. The summed E-state index contributed by atoms with van der Waals surface area (Å²) in [5, 5.41) is 7.21. The number of aromatic nitrogens is 2. The van der Waals surface area contributed by atoms with Gasteiger partial charge in [0.25, 0.3) is 5.91 Å². The van der Waals surface area contributed by atoms with E-state index in [1.54, 1.807) is 20.0 Å². The predicted octanol–water partition coefficient (Wildman–Crippen LogP) is 2.23. The van der Waals surface area contributed by atoms with Gasteiger partial charge in [-0.05, 0) is 20.0 Å². The Kier molecular flexibility index (Phi) is 5.02. The van der Waals surface area contributed by atoms with Gasteiger partial charge in [-0.1, -0.05) is 23.4 Å². The highest BCUT2D eigenvalue weighted by Crippen LogP contribution is 2.28. The van der Waals surface area contributed by atoms with Crippen molar-refractivity contribution in [2.75, 3.05) is 32.5 Å². The molecular formula is C21H23N5O3. The lowest BCUT2D eigenvalue weighted by Gasteiger charge is -2.28. The first-order valence-corrected chi connectivity index (χ1v) is 9.50. The van der Waals surface area contributed by atoms with E-state index in [0.717, 1.165) is 35.1 Å². The molecular weight excluding hydrogens is 370 g/mol. The Balaban J connectivity index is 1.63. The molecule has 150 valence electrons. The van der Waals surface area contributed by atoms with Gasteiger partial charge in [0.05, 0.1) is 17.6 Å². The fourth-order valence-electron chi connectivity index (χ4n) is 3.66. The summed E-state index contributed by atoms with van der Waals surface area (Å²) in [6.45, 7) is 3.22. The van der Waals surface area contributed by atoms with Crippen molar-refractivity contribution in [3.05, 3.63) is 52.9 Å². The van der Waals surface area contributed by atoms with Crippen LogP contribution in [0.5, 0.6) is 0 Å². The van der Waals surface area contributed by atoms with Crippen molar-refractivity contribution in [2.45, 2.75) is 19.9 Å². The van der Waals surface area contributed by atoms with E-state index in [4.69, 9.17) is 9.51 Å². The molecule has 0 fully saturated rings. The first kappa shape index (κ1) is 19.1. The molecule has 8 nitrogen and oxygen atoms in total. The fraction of sp³-hybridized carbons (Fsp3) is 0.333. The van der Waals surface area contributed by atoms with Gasteiger partial charge in [0.1, 0.15) is 5.76 Å². The Morgan fingerprint density at radius 1 is 1.31 bits per heavy atom. The van der Waals surface area contributed by atoms with Crippen LogP contribution < -0.4 is 5.32 Å². The molecule has 2 aromatic heterocycles. The van der Waals surface area contributed by atoms with Gasteiger partial charge in [-0.25, -0.2) is 0 Å². The van der Waals surface area contributed by atoms with Gasteiger partial charge in [-0.15, -0.1) is 0 Å². The minimum absolute atomic E-state index is 0.0913. The molecule has 3 heterocycles. The van der Waals surface area contributed by atoms with E-state index in [9.17, 15) is 9.59 Å². The number of anilines is 1. The largest absolute Gasteiger partial charge is 0.360 e. The predicted molar refractivity (Wildman–Crippen MR) is 109 cm³/mol. The average molecular weight is 393 g/mol. The number of fused-ring (bicyclic) bond motifs is 2. The number of para-hydroxylation sites is 1. The molecule has 0 saturated carbocycles. The third-order valence-electron chi connectivity index (χ3n) is 5.07. The van der Waals surface area contributed by atoms with Crippen LogP contribution in [0.4, 0.5) is 5.82 Å². The molecule has 0 unspecified atom stereocenters. The van der Waals surface area contributed by atoms with Crippen LogP contribution in [0.1, 0.15) is 27.4 Å². The van der Waals surface area contributed by atoms with E-state index in [-0.39, 0.29) is 18.4 Å². The van der Waals surface area contributed by atoms with Gasteiger partial charge < -0.3 is 19.6 Å². The summed E-state index contributed by atoms with van der Waals surface area (Å²) in [7, 11) is 3.66. The number of likely N-dealkylation sites (N-methyl/N-ethyl adjacent to an activating group) is 2. The summed E-state index contributed by atoms with van der Waals surface area (Å²) in [5.41, 5.74) is 3.34. The van der Waals surface area contributed by atoms with Crippen molar-refractivity contribution in [2.24, 2.45) is 0 Å². The summed E-state index contributed by atoms with van der Waals surface area (Å²) in [4.78, 5) is 34.1. The van der Waals surface area contributed by atoms with Crippen LogP contribution in [0, 0.1) is 6.92 Å². The molecule has 3 aromatic rings. The van der Waals surface area contributed by atoms with Crippen molar-refractivity contribution in [3.63, 3.8) is 0 Å². The summed E-state index contributed by atoms with van der Waals surface area (Å²) >= 11 is 0. The van der Waals surface area contributed by atoms with Crippen LogP contribution in [0.3, 0.4) is 0 Å². The summed E-state index contributed by atoms with van der Waals surface area (Å²) in [5.74, 6) is 0.408. The van der Waals surface area contributed by atoms with Crippen LogP contribution in [0.2, 0.25) is 0 Å². The smallest absolute Gasteiger partial charge is 0.255 e. The molecule has 4 rings (SSSR count). The molecule has 1 aliphatic heterocycles. The average Bonchev–Trinajstić information content (AvgIpc) is 3.10. The number of nitrogens with one attached hydrogen (secondary N) is 1. The summed E-state index contributed by atoms with van der Waals surface area (Å²) < 4.78 is 4.95. The van der Waals surface area contributed by atoms with E-state index in [0.29, 0.717) is 23.7 Å². The molecule has 1 aliphatic rings. The van der Waals surface area contributed by atoms with Gasteiger partial charge in [0.2, 0.25) is 5.91 Å². The third kappa shape index (κ3) is 3.84. The molecule has 0 saturated heterocycles. The van der Waals surface area contributed by atoms with Crippen LogP contribution in [0.15, 0.2) is 34.9 Å². The molecule has 0 aliphatic carbocycles. The maximum absolute atomic E-state index is 13.4. The normalized spacial score (nSPS) is 13.9. The second-order valence-electron chi connectivity index (χ2n) is 7.45. The van der Waals surface area contributed by atoms with Gasteiger partial charge in [-0.2, -0.15) is 0 Å². The van der Waals surface area contributed by atoms with E-state index in [1.807, 2.05) is 31.3 Å². The molecule has 0 atom stereocenters. The van der Waals surface area contributed by atoms with Crippen molar-refractivity contribution in [1.29, 1.82) is 0 Å². The Labute approximate surface area is 168 Å². The highest BCUT2D eigenvalue weighted by molar-refractivity contribution is 6.08. The SMILES string of the molecule is Cc1cc(NC(=O)CN(C)C(=O)c2c3c(nc4ccccc24)CCN(C)C3)no1. The lowest BCUT2D eigenvalue weighted by molar-refractivity contribution is -0.116. The highest BCUT2D eigenvalue weighted by Gasteiger charge is 2.27. The molecule has 1 aromatic carbocycles. The molecule has 0 spiro atoms. The first-order valence-electron chi connectivity index (χ1n) is 9.50. The third-order valence-corrected chi connectivity index (χ3v) is 5.07. The van der Waals surface area contributed by atoms with Crippen molar-refractivity contribution in [1.82, 2.24) is 19.9 Å². The summed E-state index contributed by atoms with van der Waals surface area (Å²) in [6, 6.07) is 9.28. The van der Waals surface area contributed by atoms with E-state index in [2.05, 4.69) is 15.4 Å². The lowest BCUT2D eigenvalue weighted by Crippen LogP contribution is -2.37. The van der Waals surface area contributed by atoms with Gasteiger partial charge in [0, 0.05) is 49.3 Å². The number of pyridine rings is 1. The van der Waals surface area contributed by atoms with Crippen LogP contribution in [-0.2, 0) is 17.8 Å². The topological polar surface area (TPSA) is 91.6 Å². The number of rotatable bonds is 4. The number of benzene rings is 1. The number of carbonyl (C=O) groups excluding carboxylic acids is 2. The lowest BCUT2D eigenvalue weighted by atomic mass is 9.95. The highest BCUT2D eigenvalue weighted by atomic mass is 16.5. The number of hydrogen-bond donors (Lipinski definition) is 1. The Hall–Kier alpha value is -3.26. The van der Waals surface area contributed by atoms with Crippen LogP contribution in [0.25, 0.3) is 10.9 Å². The Morgan fingerprint density at radius 3 is 2.86 bits per heavy atom. The Bertz CT molecular complexity index is 1090. The molecule has 2 amide bonds. The van der Waals surface area contributed by atoms with Crippen molar-refractivity contribution >= 4 is 28.5 Å². The maximum atomic E-state index is 13.4. The second-order valence-corrected chi connectivity index (χ2v) is 7.45. The molecule has 8 heteroatoms. The van der Waals surface area contributed by atoms with Crippen LogP contribution in [-0.4, -0.2) is 58.9 Å². The fourth-order valence-corrected chi connectivity index (χ4v) is 3.66. The van der Waals surface area contributed by atoms with Crippen LogP contribution >= 0.6 is 0 Å². The number of amides is 2. The molecule has 29 heavy (non-hydrogen) atoms. The number of nitrogens with zero attached hydrogens (tertiary/aromatic N) is 4. The number of hydrogen-bond acceptors (Lipinski definition) is 6. The van der Waals surface area contributed by atoms with Gasteiger partial charge >= 0.3 is 0 Å². The molecule has 0 bridgehead atoms. The zero-order valence-corrected chi connectivity index (χ0v) is 16.7. The van der Waals surface area contributed by atoms with Crippen molar-refractivity contribution < 1.29 is 14.1 Å². The first-order chi connectivity index (χ1) is 13.9. The molecule has 1 N–H and O–H groups in total. The minimum atomic E-state index is -0.335. The van der Waals surface area contributed by atoms with Gasteiger partial charge in [0.15, 0.2) is 5.82 Å². The number of aryl methyl sites for hydroxylation is 1. The number of carbonyl (C=O) groups is 2. The molecule has 0 radical (unpaired) electrons. The van der Waals surface area contributed by atoms with E-state index < -0.39 is 0 Å². The zero-order valence-electron chi connectivity index (χ0n) is 16.7. The monoisotopic (exact) mass is 393 g/mol. The van der Waals surface area contributed by atoms with E-state index >= 15 is 0 Å². The standard InChI is InChI=1S/C21H23N5O3/c1-13-10-18(24-29-13)23-19(27)12-26(3)21(28)20-14-6-4-5-7-16(14)22-17-8-9-25(2)11-15(17)20/h4-7,10H,8-9,11-12H2,1-3H3,(H,23,24,27). The van der Waals surface area contributed by atoms with Gasteiger partial charge in [-0.3, -0.25) is 14.6 Å².